The van der Waals surface area contributed by atoms with Crippen LogP contribution in [0.5, 0.6) is 11.5 Å². The van der Waals surface area contributed by atoms with E-state index < -0.39 is 10.0 Å². The third-order valence-electron chi connectivity index (χ3n) is 5.75. The average Bonchev–Trinajstić information content (AvgIpc) is 3.44. The Kier molecular flexibility index (Phi) is 5.32. The molecule has 2 N–H and O–H groups in total. The Morgan fingerprint density at radius 3 is 2.72 bits per heavy atom. The maximum absolute atomic E-state index is 12.8. The predicted molar refractivity (Wildman–Crippen MR) is 118 cm³/mol. The molecular formula is C24H22N2O5S. The monoisotopic (exact) mass is 450 g/mol. The van der Waals surface area contributed by atoms with Gasteiger partial charge in [0, 0.05) is 12.1 Å². The van der Waals surface area contributed by atoms with Crippen LogP contribution in [-0.2, 0) is 23.0 Å². The summed E-state index contributed by atoms with van der Waals surface area (Å²) in [7, 11) is -3.81. The number of fused-ring (bicyclic) bond motifs is 2. The van der Waals surface area contributed by atoms with Crippen molar-refractivity contribution in [1.82, 2.24) is 10.0 Å². The van der Waals surface area contributed by atoms with Crippen molar-refractivity contribution in [1.29, 1.82) is 0 Å². The van der Waals surface area contributed by atoms with Crippen LogP contribution in [0, 0.1) is 0 Å². The first kappa shape index (κ1) is 20.5. The highest BCUT2D eigenvalue weighted by Gasteiger charge is 2.24. The van der Waals surface area contributed by atoms with Crippen molar-refractivity contribution in [3.05, 3.63) is 89.0 Å². The molecule has 3 aromatic rings. The number of carbonyl (C=O) groups is 1. The van der Waals surface area contributed by atoms with Gasteiger partial charge in [-0.2, -0.15) is 0 Å². The van der Waals surface area contributed by atoms with E-state index in [0.29, 0.717) is 17.1 Å². The van der Waals surface area contributed by atoms with Crippen LogP contribution >= 0.6 is 0 Å². The maximum Gasteiger partial charge on any atom is 0.251 e. The molecule has 0 saturated heterocycles. The Hall–Kier alpha value is -3.36. The van der Waals surface area contributed by atoms with Gasteiger partial charge in [-0.1, -0.05) is 36.4 Å². The van der Waals surface area contributed by atoms with Crippen molar-refractivity contribution < 1.29 is 22.7 Å². The fourth-order valence-electron chi connectivity index (χ4n) is 4.07. The molecule has 164 valence electrons. The van der Waals surface area contributed by atoms with Gasteiger partial charge in [0.2, 0.25) is 16.8 Å². The fraction of sp³-hybridized carbons (Fsp3) is 0.208. The number of hydrogen-bond acceptors (Lipinski definition) is 5. The number of aryl methyl sites for hydroxylation is 1. The van der Waals surface area contributed by atoms with Gasteiger partial charge in [0.05, 0.1) is 10.9 Å². The van der Waals surface area contributed by atoms with E-state index in [0.717, 1.165) is 24.0 Å². The number of ether oxygens (including phenoxy) is 2. The molecule has 0 saturated carbocycles. The third kappa shape index (κ3) is 4.06. The largest absolute Gasteiger partial charge is 0.454 e. The zero-order valence-corrected chi connectivity index (χ0v) is 18.0. The molecule has 1 atom stereocenters. The van der Waals surface area contributed by atoms with E-state index in [1.54, 1.807) is 30.3 Å². The molecule has 0 spiro atoms. The summed E-state index contributed by atoms with van der Waals surface area (Å²) in [5.74, 6) is 0.939. The highest BCUT2D eigenvalue weighted by molar-refractivity contribution is 7.89. The van der Waals surface area contributed by atoms with E-state index in [9.17, 15) is 13.2 Å². The average molecular weight is 451 g/mol. The number of carbonyl (C=O) groups excluding carboxylic acids is 1. The van der Waals surface area contributed by atoms with Crippen molar-refractivity contribution in [2.45, 2.75) is 30.3 Å². The Labute approximate surface area is 186 Å². The van der Waals surface area contributed by atoms with Gasteiger partial charge in [-0.3, -0.25) is 4.79 Å². The lowest BCUT2D eigenvalue weighted by atomic mass is 10.1. The summed E-state index contributed by atoms with van der Waals surface area (Å²) in [4.78, 5) is 12.9. The van der Waals surface area contributed by atoms with Crippen LogP contribution < -0.4 is 19.5 Å². The number of amides is 1. The Balaban J connectivity index is 1.28. The van der Waals surface area contributed by atoms with Gasteiger partial charge >= 0.3 is 0 Å². The van der Waals surface area contributed by atoms with Gasteiger partial charge in [0.15, 0.2) is 11.5 Å². The van der Waals surface area contributed by atoms with E-state index in [-0.39, 0.29) is 30.2 Å². The second-order valence-corrected chi connectivity index (χ2v) is 9.57. The molecule has 1 heterocycles. The number of nitrogens with one attached hydrogen (secondary N) is 2. The van der Waals surface area contributed by atoms with Gasteiger partial charge in [-0.15, -0.1) is 0 Å². The van der Waals surface area contributed by atoms with Crippen LogP contribution in [0.2, 0.25) is 0 Å². The van der Waals surface area contributed by atoms with Crippen molar-refractivity contribution in [2.24, 2.45) is 0 Å². The van der Waals surface area contributed by atoms with Gasteiger partial charge in [0.1, 0.15) is 0 Å². The van der Waals surface area contributed by atoms with Crippen LogP contribution in [0.15, 0.2) is 71.6 Å². The fourth-order valence-corrected chi connectivity index (χ4v) is 5.13. The van der Waals surface area contributed by atoms with Gasteiger partial charge in [0.25, 0.3) is 5.91 Å². The number of benzene rings is 3. The van der Waals surface area contributed by atoms with Crippen molar-refractivity contribution >= 4 is 15.9 Å². The quantitative estimate of drug-likeness (QED) is 0.601. The van der Waals surface area contributed by atoms with E-state index in [1.807, 2.05) is 18.2 Å². The molecule has 5 rings (SSSR count). The Bertz CT molecular complexity index is 1290. The van der Waals surface area contributed by atoms with E-state index in [4.69, 9.17) is 9.47 Å². The van der Waals surface area contributed by atoms with E-state index >= 15 is 0 Å². The molecule has 0 bridgehead atoms. The van der Waals surface area contributed by atoms with Crippen LogP contribution in [0.25, 0.3) is 0 Å². The Morgan fingerprint density at radius 1 is 0.969 bits per heavy atom. The lowest BCUT2D eigenvalue weighted by Gasteiger charge is -2.15. The highest BCUT2D eigenvalue weighted by Crippen LogP contribution is 2.33. The van der Waals surface area contributed by atoms with Gasteiger partial charge in [-0.05, 0) is 59.9 Å². The molecule has 1 unspecified atom stereocenters. The first-order valence-electron chi connectivity index (χ1n) is 10.4. The molecule has 3 aromatic carbocycles. The number of hydrogen-bond donors (Lipinski definition) is 2. The van der Waals surface area contributed by atoms with Crippen molar-refractivity contribution in [3.8, 4) is 11.5 Å². The Morgan fingerprint density at radius 2 is 1.81 bits per heavy atom. The summed E-state index contributed by atoms with van der Waals surface area (Å²) in [6, 6.07) is 19.3. The maximum atomic E-state index is 12.8. The summed E-state index contributed by atoms with van der Waals surface area (Å²) in [6.45, 7) is 0.250. The second kappa shape index (κ2) is 8.29. The van der Waals surface area contributed by atoms with E-state index in [2.05, 4.69) is 16.1 Å². The zero-order chi connectivity index (χ0) is 22.1. The van der Waals surface area contributed by atoms with Gasteiger partial charge in [-0.25, -0.2) is 13.1 Å². The first-order chi connectivity index (χ1) is 15.5. The minimum Gasteiger partial charge on any atom is -0.454 e. The summed E-state index contributed by atoms with van der Waals surface area (Å²) >= 11 is 0. The molecule has 0 fully saturated rings. The molecule has 32 heavy (non-hydrogen) atoms. The first-order valence-corrected chi connectivity index (χ1v) is 11.8. The summed E-state index contributed by atoms with van der Waals surface area (Å²) < 4.78 is 38.8. The smallest absolute Gasteiger partial charge is 0.251 e. The molecule has 7 nitrogen and oxygen atoms in total. The molecule has 2 aliphatic rings. The lowest BCUT2D eigenvalue weighted by molar-refractivity contribution is 0.0936. The number of rotatable bonds is 6. The number of sulfonamides is 1. The third-order valence-corrected chi connectivity index (χ3v) is 7.15. The van der Waals surface area contributed by atoms with Crippen LogP contribution in [-0.4, -0.2) is 21.1 Å². The summed E-state index contributed by atoms with van der Waals surface area (Å²) in [6.07, 6.45) is 1.75. The van der Waals surface area contributed by atoms with Crippen LogP contribution in [0.3, 0.4) is 0 Å². The van der Waals surface area contributed by atoms with Crippen molar-refractivity contribution in [3.63, 3.8) is 0 Å². The molecule has 0 radical (unpaired) electrons. The normalized spacial score (nSPS) is 16.6. The summed E-state index contributed by atoms with van der Waals surface area (Å²) in [5, 5.41) is 3.03. The summed E-state index contributed by atoms with van der Waals surface area (Å²) in [5.41, 5.74) is 3.41. The molecule has 1 aliphatic heterocycles. The molecular weight excluding hydrogens is 428 g/mol. The van der Waals surface area contributed by atoms with Crippen LogP contribution in [0.1, 0.15) is 39.5 Å². The molecule has 8 heteroatoms. The molecule has 0 aromatic heterocycles. The topological polar surface area (TPSA) is 93.7 Å². The molecule has 1 amide bonds. The van der Waals surface area contributed by atoms with Crippen molar-refractivity contribution in [2.75, 3.05) is 6.79 Å². The zero-order valence-electron chi connectivity index (χ0n) is 17.2. The van der Waals surface area contributed by atoms with Crippen LogP contribution in [0.4, 0.5) is 0 Å². The predicted octanol–water partition coefficient (Wildman–Crippen LogP) is 3.31. The SMILES string of the molecule is O=C(NC1CCc2ccccc21)c1cccc(S(=O)(=O)NCc2ccc3c(c2)OCO3)c1. The highest BCUT2D eigenvalue weighted by atomic mass is 32.2. The second-order valence-electron chi connectivity index (χ2n) is 7.80. The minimum absolute atomic E-state index is 0.0396. The minimum atomic E-state index is -3.81. The molecule has 1 aliphatic carbocycles. The van der Waals surface area contributed by atoms with Gasteiger partial charge < -0.3 is 14.8 Å². The standard InChI is InChI=1S/C24H22N2O5S/c27-24(26-21-10-9-17-4-1-2-7-20(17)21)18-5-3-6-19(13-18)32(28,29)25-14-16-8-11-22-23(12-16)31-15-30-22/h1-8,11-13,21,25H,9-10,14-15H2,(H,26,27). The van der Waals surface area contributed by atoms with E-state index in [1.165, 1.54) is 17.7 Å². The lowest BCUT2D eigenvalue weighted by Crippen LogP contribution is -2.28.